The van der Waals surface area contributed by atoms with Crippen molar-refractivity contribution >= 4 is 5.97 Å². The molecule has 0 saturated heterocycles. The minimum Gasteiger partial charge on any atom is -0.481 e. The molecule has 0 heterocycles. The van der Waals surface area contributed by atoms with Gasteiger partial charge in [0.05, 0.1) is 0 Å². The van der Waals surface area contributed by atoms with Gasteiger partial charge in [-0.1, -0.05) is 0 Å². The van der Waals surface area contributed by atoms with Gasteiger partial charge in [-0.05, 0) is 0 Å². The Kier molecular flexibility index (Phi) is 81.2. The second-order valence-corrected chi connectivity index (χ2v) is 0.601. The van der Waals surface area contributed by atoms with E-state index in [1.165, 1.54) is 5.34 Å². The molecule has 0 aliphatic carbocycles. The minimum absolute atomic E-state index is 0. The first-order valence-corrected chi connectivity index (χ1v) is 1.31. The maximum absolute atomic E-state index is 9.00. The lowest BCUT2D eigenvalue weighted by Crippen LogP contribution is -1.78. The molecule has 0 spiro atoms. The van der Waals surface area contributed by atoms with Crippen molar-refractivity contribution in [1.82, 2.24) is 12.3 Å². The van der Waals surface area contributed by atoms with Gasteiger partial charge < -0.3 is 22.6 Å². The second kappa shape index (κ2) is 29.2. The lowest BCUT2D eigenvalue weighted by molar-refractivity contribution is -0.134. The molecule has 0 aliphatic heterocycles. The van der Waals surface area contributed by atoms with E-state index in [-0.39, 0.29) is 12.3 Å². The van der Waals surface area contributed by atoms with Gasteiger partial charge in [-0.15, -0.1) is 4.91 Å². The maximum atomic E-state index is 9.00. The smallest absolute Gasteiger partial charge is 0.300 e. The van der Waals surface area contributed by atoms with E-state index in [9.17, 15) is 0 Å². The van der Waals surface area contributed by atoms with Crippen LogP contribution in [0.4, 0.5) is 0 Å². The molecule has 0 rings (SSSR count). The van der Waals surface area contributed by atoms with Crippen LogP contribution in [-0.4, -0.2) is 16.3 Å². The SMILES string of the molecule is CC(=O)O.N.N.O=NO. The van der Waals surface area contributed by atoms with Crippen LogP contribution in [0.15, 0.2) is 5.34 Å². The summed E-state index contributed by atoms with van der Waals surface area (Å²) in [4.78, 5) is 17.1. The van der Waals surface area contributed by atoms with E-state index in [0.717, 1.165) is 6.92 Å². The topological polar surface area (TPSA) is 157 Å². The van der Waals surface area contributed by atoms with Crippen LogP contribution in [0.25, 0.3) is 0 Å². The molecule has 0 atom stereocenters. The van der Waals surface area contributed by atoms with Gasteiger partial charge in [0.1, 0.15) is 0 Å². The fourth-order valence-electron chi connectivity index (χ4n) is 0. The molecule has 0 unspecified atom stereocenters. The predicted octanol–water partition coefficient (Wildman–Crippen LogP) is 0.557. The molecular formula is C2H11N3O4. The predicted molar refractivity (Wildman–Crippen MR) is 30.9 cm³/mol. The van der Waals surface area contributed by atoms with E-state index in [2.05, 4.69) is 0 Å². The van der Waals surface area contributed by atoms with E-state index >= 15 is 0 Å². The third kappa shape index (κ3) is 106. The number of rotatable bonds is 0. The highest BCUT2D eigenvalue weighted by atomic mass is 16.6. The van der Waals surface area contributed by atoms with Crippen molar-refractivity contribution < 1.29 is 15.1 Å². The first-order valence-electron chi connectivity index (χ1n) is 1.31. The summed E-state index contributed by atoms with van der Waals surface area (Å²) >= 11 is 0. The van der Waals surface area contributed by atoms with Gasteiger partial charge in [-0.2, -0.15) is 0 Å². The van der Waals surface area contributed by atoms with Crippen LogP contribution in [-0.2, 0) is 4.79 Å². The summed E-state index contributed by atoms with van der Waals surface area (Å²) in [5.74, 6) is -0.833. The zero-order valence-electron chi connectivity index (χ0n) is 5.07. The van der Waals surface area contributed by atoms with E-state index < -0.39 is 5.97 Å². The number of aliphatic carboxylic acids is 1. The standard InChI is InChI=1S/C2H4O2.HNO2.2H3N/c1-2(3)4;2-1-3;;/h1H3,(H,3,4);(H,2,3);2*1H3. The molecule has 0 fully saturated rings. The number of carboxylic acids is 1. The summed E-state index contributed by atoms with van der Waals surface area (Å²) in [5.41, 5.74) is 0. The van der Waals surface area contributed by atoms with Crippen LogP contribution >= 0.6 is 0 Å². The molecule has 7 nitrogen and oxygen atoms in total. The van der Waals surface area contributed by atoms with Crippen LogP contribution in [0.1, 0.15) is 6.92 Å². The molecule has 7 heteroatoms. The highest BCUT2D eigenvalue weighted by Gasteiger charge is 1.65. The molecule has 58 valence electrons. The Hall–Kier alpha value is -1.21. The Morgan fingerprint density at radius 2 is 1.44 bits per heavy atom. The van der Waals surface area contributed by atoms with Gasteiger partial charge >= 0.3 is 0 Å². The van der Waals surface area contributed by atoms with Crippen molar-refractivity contribution in [2.45, 2.75) is 6.92 Å². The number of carbonyl (C=O) groups is 1. The third-order valence-corrected chi connectivity index (χ3v) is 0. The van der Waals surface area contributed by atoms with Gasteiger partial charge in [0, 0.05) is 6.92 Å². The summed E-state index contributed by atoms with van der Waals surface area (Å²) in [6, 6.07) is 0. The fourth-order valence-corrected chi connectivity index (χ4v) is 0. The normalized spacial score (nSPS) is 4.11. The van der Waals surface area contributed by atoms with Gasteiger partial charge in [0.15, 0.2) is 5.34 Å². The van der Waals surface area contributed by atoms with Crippen molar-refractivity contribution in [3.05, 3.63) is 4.91 Å². The summed E-state index contributed by atoms with van der Waals surface area (Å²) in [7, 11) is 0. The molecule has 8 N–H and O–H groups in total. The van der Waals surface area contributed by atoms with Crippen LogP contribution in [0.2, 0.25) is 0 Å². The molecule has 0 radical (unpaired) electrons. The van der Waals surface area contributed by atoms with Crippen molar-refractivity contribution in [2.75, 3.05) is 0 Å². The highest BCUT2D eigenvalue weighted by molar-refractivity contribution is 5.62. The minimum atomic E-state index is -0.833. The van der Waals surface area contributed by atoms with Crippen LogP contribution < -0.4 is 12.3 Å². The van der Waals surface area contributed by atoms with Gasteiger partial charge in [0.25, 0.3) is 5.97 Å². The first-order chi connectivity index (χ1) is 3.15. The Balaban J connectivity index is -0.0000000233. The molecule has 0 bridgehead atoms. The lowest BCUT2D eigenvalue weighted by Gasteiger charge is -1.59. The summed E-state index contributed by atoms with van der Waals surface area (Å²) < 4.78 is 0. The van der Waals surface area contributed by atoms with Crippen LogP contribution in [0.3, 0.4) is 0 Å². The summed E-state index contributed by atoms with van der Waals surface area (Å²) in [6.45, 7) is 1.08. The molecule has 0 amide bonds. The van der Waals surface area contributed by atoms with Crippen LogP contribution in [0, 0.1) is 4.91 Å². The molecule has 0 aliphatic rings. The maximum Gasteiger partial charge on any atom is 0.300 e. The number of carboxylic acid groups (broad SMARTS) is 1. The largest absolute Gasteiger partial charge is 0.481 e. The van der Waals surface area contributed by atoms with E-state index in [1.54, 1.807) is 0 Å². The van der Waals surface area contributed by atoms with E-state index in [0.29, 0.717) is 0 Å². The summed E-state index contributed by atoms with van der Waals surface area (Å²) in [6.07, 6.45) is 0. The molecular weight excluding hydrogens is 130 g/mol. The Morgan fingerprint density at radius 3 is 1.44 bits per heavy atom. The second-order valence-electron chi connectivity index (χ2n) is 0.601. The van der Waals surface area contributed by atoms with E-state index in [4.69, 9.17) is 20.0 Å². The Bertz CT molecular complexity index is 60.8. The number of hydrogen-bond acceptors (Lipinski definition) is 5. The zero-order chi connectivity index (χ0) is 6.28. The van der Waals surface area contributed by atoms with Crippen molar-refractivity contribution in [3.63, 3.8) is 0 Å². The molecule has 0 saturated carbocycles. The number of hydrogen-bond donors (Lipinski definition) is 4. The third-order valence-electron chi connectivity index (χ3n) is 0. The van der Waals surface area contributed by atoms with Gasteiger partial charge in [-0.25, -0.2) is 0 Å². The van der Waals surface area contributed by atoms with Crippen molar-refractivity contribution in [3.8, 4) is 0 Å². The highest BCUT2D eigenvalue weighted by Crippen LogP contribution is 1.42. The van der Waals surface area contributed by atoms with Gasteiger partial charge in [-0.3, -0.25) is 4.79 Å². The lowest BCUT2D eigenvalue weighted by atomic mass is 10.9. The fraction of sp³-hybridized carbons (Fsp3) is 0.500. The van der Waals surface area contributed by atoms with Gasteiger partial charge in [0.2, 0.25) is 0 Å². The molecule has 0 aromatic rings. The average molecular weight is 141 g/mol. The van der Waals surface area contributed by atoms with Crippen molar-refractivity contribution in [2.24, 2.45) is 5.34 Å². The summed E-state index contributed by atoms with van der Waals surface area (Å²) in [5, 5.41) is 15.3. The van der Waals surface area contributed by atoms with Crippen LogP contribution in [0.5, 0.6) is 0 Å². The molecule has 9 heavy (non-hydrogen) atoms. The Labute approximate surface area is 51.8 Å². The van der Waals surface area contributed by atoms with E-state index in [1.807, 2.05) is 0 Å². The average Bonchev–Trinajstić information content (AvgIpc) is 1.33. The van der Waals surface area contributed by atoms with Crippen molar-refractivity contribution in [1.29, 1.82) is 0 Å². The Morgan fingerprint density at radius 1 is 1.44 bits per heavy atom. The molecule has 0 aromatic heterocycles. The monoisotopic (exact) mass is 141 g/mol. The quantitative estimate of drug-likeness (QED) is 0.285. The molecule has 0 aromatic carbocycles. The number of nitrogens with zero attached hydrogens (tertiary/aromatic N) is 1. The first kappa shape index (κ1) is 25.0. The zero-order valence-corrected chi connectivity index (χ0v) is 5.07.